The van der Waals surface area contributed by atoms with E-state index in [0.717, 1.165) is 29.8 Å². The van der Waals surface area contributed by atoms with Gasteiger partial charge in [0.1, 0.15) is 0 Å². The second-order valence-corrected chi connectivity index (χ2v) is 3.09. The minimum Gasteiger partial charge on any atom is -0.481 e. The molecule has 0 aliphatic rings. The van der Waals surface area contributed by atoms with Gasteiger partial charge < -0.3 is 5.11 Å². The van der Waals surface area contributed by atoms with Crippen LogP contribution in [-0.2, 0) is 17.6 Å². The Bertz CT molecular complexity index is 305. The van der Waals surface area contributed by atoms with E-state index in [9.17, 15) is 4.79 Å². The van der Waals surface area contributed by atoms with Gasteiger partial charge in [-0.1, -0.05) is 13.3 Å². The molecule has 0 amide bonds. The van der Waals surface area contributed by atoms with Crippen LogP contribution in [0.25, 0.3) is 0 Å². The number of nitrogens with zero attached hydrogens (tertiary/aromatic N) is 1. The van der Waals surface area contributed by atoms with Crippen LogP contribution in [0.1, 0.15) is 30.3 Å². The van der Waals surface area contributed by atoms with Crippen molar-refractivity contribution in [3.63, 3.8) is 0 Å². The summed E-state index contributed by atoms with van der Waals surface area (Å²) in [5.41, 5.74) is 2.69. The number of nitrogens with one attached hydrogen (secondary N) is 1. The van der Waals surface area contributed by atoms with Crippen molar-refractivity contribution in [2.75, 3.05) is 0 Å². The Kier molecular flexibility index (Phi) is 3.06. The zero-order chi connectivity index (χ0) is 9.84. The molecule has 2 N–H and O–H groups in total. The largest absolute Gasteiger partial charge is 0.481 e. The molecule has 0 aromatic carbocycles. The van der Waals surface area contributed by atoms with Crippen LogP contribution >= 0.6 is 0 Å². The van der Waals surface area contributed by atoms with Crippen LogP contribution < -0.4 is 0 Å². The highest BCUT2D eigenvalue weighted by molar-refractivity contribution is 5.70. The number of H-pyrrole nitrogens is 1. The molecule has 0 aliphatic heterocycles. The smallest absolute Gasteiger partial charge is 0.309 e. The molecule has 0 radical (unpaired) electrons. The second-order valence-electron chi connectivity index (χ2n) is 3.09. The summed E-state index contributed by atoms with van der Waals surface area (Å²) in [5.74, 6) is -0.824. The molecule has 0 saturated heterocycles. The van der Waals surface area contributed by atoms with Crippen molar-refractivity contribution >= 4 is 5.97 Å². The molecule has 13 heavy (non-hydrogen) atoms. The zero-order valence-electron chi connectivity index (χ0n) is 7.92. The van der Waals surface area contributed by atoms with Crippen LogP contribution in [0.3, 0.4) is 0 Å². The van der Waals surface area contributed by atoms with E-state index >= 15 is 0 Å². The first-order valence-electron chi connectivity index (χ1n) is 4.39. The Balaban J connectivity index is 2.79. The molecule has 1 aromatic heterocycles. The highest BCUT2D eigenvalue weighted by Crippen LogP contribution is 2.11. The first kappa shape index (κ1) is 9.77. The lowest BCUT2D eigenvalue weighted by Crippen LogP contribution is -2.01. The Labute approximate surface area is 77.0 Å². The molecule has 0 fully saturated rings. The van der Waals surface area contributed by atoms with Crippen molar-refractivity contribution in [2.24, 2.45) is 0 Å². The summed E-state index contributed by atoms with van der Waals surface area (Å²) in [6.45, 7) is 3.98. The fraction of sp³-hybridized carbons (Fsp3) is 0.556. The molecule has 72 valence electrons. The average molecular weight is 182 g/mol. The summed E-state index contributed by atoms with van der Waals surface area (Å²) < 4.78 is 0. The summed E-state index contributed by atoms with van der Waals surface area (Å²) in [7, 11) is 0. The van der Waals surface area contributed by atoms with E-state index in [1.165, 1.54) is 0 Å². The number of aliphatic carboxylic acids is 1. The summed E-state index contributed by atoms with van der Waals surface area (Å²) >= 11 is 0. The van der Waals surface area contributed by atoms with Gasteiger partial charge in [0.15, 0.2) is 0 Å². The molecule has 0 saturated carbocycles. The topological polar surface area (TPSA) is 66.0 Å². The van der Waals surface area contributed by atoms with E-state index in [4.69, 9.17) is 5.11 Å². The molecule has 0 atom stereocenters. The third kappa shape index (κ3) is 2.31. The monoisotopic (exact) mass is 182 g/mol. The maximum absolute atomic E-state index is 10.4. The van der Waals surface area contributed by atoms with Crippen LogP contribution in [0.5, 0.6) is 0 Å². The van der Waals surface area contributed by atoms with Gasteiger partial charge in [0.2, 0.25) is 0 Å². The maximum atomic E-state index is 10.4. The van der Waals surface area contributed by atoms with E-state index < -0.39 is 5.97 Å². The fourth-order valence-electron chi connectivity index (χ4n) is 1.28. The normalized spacial score (nSPS) is 10.3. The van der Waals surface area contributed by atoms with Gasteiger partial charge in [-0.3, -0.25) is 9.89 Å². The maximum Gasteiger partial charge on any atom is 0.309 e. The van der Waals surface area contributed by atoms with Gasteiger partial charge in [0.25, 0.3) is 0 Å². The van der Waals surface area contributed by atoms with E-state index in [1.807, 2.05) is 6.92 Å². The quantitative estimate of drug-likeness (QED) is 0.737. The van der Waals surface area contributed by atoms with Crippen molar-refractivity contribution in [2.45, 2.75) is 33.1 Å². The van der Waals surface area contributed by atoms with Gasteiger partial charge in [-0.2, -0.15) is 5.10 Å². The molecule has 0 spiro atoms. The summed E-state index contributed by atoms with van der Waals surface area (Å²) in [6.07, 6.45) is 1.96. The number of aromatic nitrogens is 2. The molecule has 0 bridgehead atoms. The predicted octanol–water partition coefficient (Wildman–Crippen LogP) is 1.30. The zero-order valence-corrected chi connectivity index (χ0v) is 7.92. The molecule has 1 rings (SSSR count). The summed E-state index contributed by atoms with van der Waals surface area (Å²) in [4.78, 5) is 10.4. The van der Waals surface area contributed by atoms with E-state index in [1.54, 1.807) is 0 Å². The van der Waals surface area contributed by atoms with Crippen molar-refractivity contribution in [3.05, 3.63) is 17.0 Å². The van der Waals surface area contributed by atoms with E-state index in [0.29, 0.717) is 0 Å². The molecule has 1 heterocycles. The van der Waals surface area contributed by atoms with Crippen LogP contribution in [0.4, 0.5) is 0 Å². The van der Waals surface area contributed by atoms with Crippen molar-refractivity contribution in [1.82, 2.24) is 10.2 Å². The fourth-order valence-corrected chi connectivity index (χ4v) is 1.28. The minimum absolute atomic E-state index is 0.0303. The van der Waals surface area contributed by atoms with Crippen molar-refractivity contribution in [1.29, 1.82) is 0 Å². The Morgan fingerprint density at radius 1 is 1.62 bits per heavy atom. The number of aryl methyl sites for hydroxylation is 1. The van der Waals surface area contributed by atoms with Crippen LogP contribution in [0.15, 0.2) is 0 Å². The molecular weight excluding hydrogens is 168 g/mol. The lowest BCUT2D eigenvalue weighted by Gasteiger charge is -1.95. The Hall–Kier alpha value is -1.32. The van der Waals surface area contributed by atoms with Gasteiger partial charge in [-0.25, -0.2) is 0 Å². The second kappa shape index (κ2) is 4.07. The molecule has 0 aliphatic carbocycles. The summed E-state index contributed by atoms with van der Waals surface area (Å²) in [6, 6.07) is 0. The lowest BCUT2D eigenvalue weighted by molar-refractivity contribution is -0.136. The van der Waals surface area contributed by atoms with E-state index in [-0.39, 0.29) is 6.42 Å². The van der Waals surface area contributed by atoms with Crippen LogP contribution in [-0.4, -0.2) is 21.3 Å². The third-order valence-corrected chi connectivity index (χ3v) is 2.03. The van der Waals surface area contributed by atoms with E-state index in [2.05, 4.69) is 17.1 Å². The van der Waals surface area contributed by atoms with Gasteiger partial charge in [-0.15, -0.1) is 0 Å². The Morgan fingerprint density at radius 2 is 2.31 bits per heavy atom. The number of carboxylic acid groups (broad SMARTS) is 1. The SMILES string of the molecule is CCCc1n[nH]c(CC(=O)O)c1C. The van der Waals surface area contributed by atoms with Crippen LogP contribution in [0, 0.1) is 6.92 Å². The van der Waals surface area contributed by atoms with Crippen LogP contribution in [0.2, 0.25) is 0 Å². The third-order valence-electron chi connectivity index (χ3n) is 2.03. The first-order chi connectivity index (χ1) is 6.15. The predicted molar refractivity (Wildman–Crippen MR) is 48.7 cm³/mol. The highest BCUT2D eigenvalue weighted by atomic mass is 16.4. The molecule has 4 heteroatoms. The Morgan fingerprint density at radius 3 is 2.85 bits per heavy atom. The first-order valence-corrected chi connectivity index (χ1v) is 4.39. The molecule has 4 nitrogen and oxygen atoms in total. The number of hydrogen-bond acceptors (Lipinski definition) is 2. The molecule has 0 unspecified atom stereocenters. The van der Waals surface area contributed by atoms with Gasteiger partial charge in [0.05, 0.1) is 12.1 Å². The number of aromatic amines is 1. The highest BCUT2D eigenvalue weighted by Gasteiger charge is 2.10. The van der Waals surface area contributed by atoms with Gasteiger partial charge in [0, 0.05) is 5.69 Å². The molecular formula is C9H14N2O2. The number of carbonyl (C=O) groups is 1. The van der Waals surface area contributed by atoms with Gasteiger partial charge in [-0.05, 0) is 18.9 Å². The number of carboxylic acids is 1. The number of rotatable bonds is 4. The van der Waals surface area contributed by atoms with Crippen molar-refractivity contribution in [3.8, 4) is 0 Å². The van der Waals surface area contributed by atoms with Gasteiger partial charge >= 0.3 is 5.97 Å². The number of hydrogen-bond donors (Lipinski definition) is 2. The average Bonchev–Trinajstić information content (AvgIpc) is 2.36. The summed E-state index contributed by atoms with van der Waals surface area (Å²) in [5, 5.41) is 15.4. The lowest BCUT2D eigenvalue weighted by atomic mass is 10.1. The van der Waals surface area contributed by atoms with Crippen molar-refractivity contribution < 1.29 is 9.90 Å². The standard InChI is InChI=1S/C9H14N2O2/c1-3-4-7-6(2)8(11-10-7)5-9(12)13/h3-5H2,1-2H3,(H,10,11)(H,12,13). The molecule has 1 aromatic rings. The minimum atomic E-state index is -0.824.